The van der Waals surface area contributed by atoms with E-state index in [1.54, 1.807) is 6.07 Å². The van der Waals surface area contributed by atoms with Gasteiger partial charge in [0.1, 0.15) is 11.7 Å². The van der Waals surface area contributed by atoms with Crippen LogP contribution in [0.2, 0.25) is 0 Å². The highest BCUT2D eigenvalue weighted by molar-refractivity contribution is 5.96. The summed E-state index contributed by atoms with van der Waals surface area (Å²) < 4.78 is 1.87. The van der Waals surface area contributed by atoms with Crippen molar-refractivity contribution in [2.45, 2.75) is 76.9 Å². The topological polar surface area (TPSA) is 118 Å². The highest BCUT2D eigenvalue weighted by Gasteiger charge is 2.34. The third-order valence-corrected chi connectivity index (χ3v) is 5.41. The van der Waals surface area contributed by atoms with Crippen molar-refractivity contribution in [2.75, 3.05) is 0 Å². The van der Waals surface area contributed by atoms with E-state index in [9.17, 15) is 9.59 Å². The average Bonchev–Trinajstić information content (AvgIpc) is 3.45. The quantitative estimate of drug-likeness (QED) is 0.606. The fraction of sp³-hybridized carbons (Fsp3) is 0.632. The molecular weight excluding hydrogens is 358 g/mol. The molecule has 9 heteroatoms. The number of aromatic amines is 1. The van der Waals surface area contributed by atoms with Crippen molar-refractivity contribution in [1.82, 2.24) is 35.8 Å². The Balaban J connectivity index is 1.66. The van der Waals surface area contributed by atoms with E-state index in [0.29, 0.717) is 24.5 Å². The Kier molecular flexibility index (Phi) is 6.78. The van der Waals surface area contributed by atoms with Crippen LogP contribution in [0.5, 0.6) is 0 Å². The fourth-order valence-electron chi connectivity index (χ4n) is 3.86. The maximum Gasteiger partial charge on any atom is 0.268 e. The number of H-pyrrole nitrogens is 1. The zero-order valence-corrected chi connectivity index (χ0v) is 16.5. The third-order valence-electron chi connectivity index (χ3n) is 5.41. The van der Waals surface area contributed by atoms with Gasteiger partial charge in [0.25, 0.3) is 5.91 Å². The lowest BCUT2D eigenvalue weighted by molar-refractivity contribution is -0.124. The normalized spacial score (nSPS) is 20.1. The van der Waals surface area contributed by atoms with E-state index in [2.05, 4.69) is 38.2 Å². The SMILES string of the molecule is CCCC[C@H](NC(=O)c1cccn1CC)C(=O)N[C@H]1CCC[C@H]1c1nn[nH]n1. The summed E-state index contributed by atoms with van der Waals surface area (Å²) in [5.74, 6) is 0.335. The lowest BCUT2D eigenvalue weighted by Gasteiger charge is -2.23. The number of nitrogens with one attached hydrogen (secondary N) is 3. The first kappa shape index (κ1) is 20.0. The molecule has 1 fully saturated rings. The van der Waals surface area contributed by atoms with E-state index >= 15 is 0 Å². The van der Waals surface area contributed by atoms with Crippen molar-refractivity contribution in [1.29, 1.82) is 0 Å². The second-order valence-electron chi connectivity index (χ2n) is 7.27. The molecule has 0 aliphatic heterocycles. The Morgan fingerprint density at radius 1 is 1.36 bits per heavy atom. The Morgan fingerprint density at radius 2 is 2.21 bits per heavy atom. The molecule has 1 aliphatic rings. The molecule has 0 radical (unpaired) electrons. The second-order valence-corrected chi connectivity index (χ2v) is 7.27. The summed E-state index contributed by atoms with van der Waals surface area (Å²) >= 11 is 0. The molecule has 28 heavy (non-hydrogen) atoms. The largest absolute Gasteiger partial charge is 0.351 e. The van der Waals surface area contributed by atoms with Gasteiger partial charge in [-0.15, -0.1) is 10.2 Å². The van der Waals surface area contributed by atoms with Gasteiger partial charge in [-0.2, -0.15) is 5.21 Å². The van der Waals surface area contributed by atoms with Gasteiger partial charge in [-0.1, -0.05) is 31.4 Å². The number of carbonyl (C=O) groups is 2. The summed E-state index contributed by atoms with van der Waals surface area (Å²) in [5.41, 5.74) is 0.572. The summed E-state index contributed by atoms with van der Waals surface area (Å²) in [6.45, 7) is 4.76. The predicted molar refractivity (Wildman–Crippen MR) is 104 cm³/mol. The van der Waals surface area contributed by atoms with Crippen LogP contribution in [0.4, 0.5) is 0 Å². The number of amides is 2. The molecule has 1 aliphatic carbocycles. The molecular formula is C19H29N7O2. The Hall–Kier alpha value is -2.71. The number of aryl methyl sites for hydroxylation is 1. The number of carbonyl (C=O) groups excluding carboxylic acids is 2. The number of rotatable bonds is 9. The van der Waals surface area contributed by atoms with Gasteiger partial charge in [0.15, 0.2) is 5.82 Å². The standard InChI is InChI=1S/C19H29N7O2/c1-3-5-9-15(21-19(28)16-11-7-12-26(16)4-2)18(27)20-14-10-6-8-13(14)17-22-24-25-23-17/h7,11-15H,3-6,8-10H2,1-2H3,(H,20,27)(H,21,28)(H,22,23,24,25)/t13-,14+,15+/m1/s1. The number of hydrogen-bond donors (Lipinski definition) is 3. The zero-order chi connectivity index (χ0) is 19.9. The van der Waals surface area contributed by atoms with Crippen molar-refractivity contribution in [2.24, 2.45) is 0 Å². The summed E-state index contributed by atoms with van der Waals surface area (Å²) in [5, 5.41) is 20.3. The van der Waals surface area contributed by atoms with Gasteiger partial charge in [-0.25, -0.2) is 0 Å². The van der Waals surface area contributed by atoms with Gasteiger partial charge in [0.2, 0.25) is 5.91 Å². The minimum atomic E-state index is -0.556. The molecule has 1 saturated carbocycles. The van der Waals surface area contributed by atoms with Crippen molar-refractivity contribution in [3.8, 4) is 0 Å². The molecule has 3 atom stereocenters. The number of tetrazole rings is 1. The third kappa shape index (κ3) is 4.58. The van der Waals surface area contributed by atoms with Crippen LogP contribution < -0.4 is 10.6 Å². The molecule has 2 amide bonds. The van der Waals surface area contributed by atoms with Crippen LogP contribution in [0, 0.1) is 0 Å². The highest BCUT2D eigenvalue weighted by atomic mass is 16.2. The molecule has 0 saturated heterocycles. The van der Waals surface area contributed by atoms with E-state index in [1.807, 2.05) is 23.8 Å². The maximum absolute atomic E-state index is 13.0. The van der Waals surface area contributed by atoms with E-state index < -0.39 is 6.04 Å². The van der Waals surface area contributed by atoms with E-state index in [-0.39, 0.29) is 23.8 Å². The average molecular weight is 387 g/mol. The lowest BCUT2D eigenvalue weighted by atomic mass is 10.0. The second kappa shape index (κ2) is 9.48. The van der Waals surface area contributed by atoms with Gasteiger partial charge >= 0.3 is 0 Å². The molecule has 0 aromatic carbocycles. The van der Waals surface area contributed by atoms with Crippen LogP contribution in [0.1, 0.15) is 74.6 Å². The molecule has 3 N–H and O–H groups in total. The van der Waals surface area contributed by atoms with Gasteiger partial charge in [0, 0.05) is 24.7 Å². The van der Waals surface area contributed by atoms with Crippen LogP contribution in [-0.4, -0.2) is 49.1 Å². The first-order valence-electron chi connectivity index (χ1n) is 10.1. The highest BCUT2D eigenvalue weighted by Crippen LogP contribution is 2.32. The molecule has 2 heterocycles. The first-order valence-corrected chi connectivity index (χ1v) is 10.1. The Labute approximate surface area is 164 Å². The van der Waals surface area contributed by atoms with Crippen LogP contribution in [0.25, 0.3) is 0 Å². The fourth-order valence-corrected chi connectivity index (χ4v) is 3.86. The molecule has 2 aromatic heterocycles. The molecule has 9 nitrogen and oxygen atoms in total. The smallest absolute Gasteiger partial charge is 0.268 e. The first-order chi connectivity index (χ1) is 13.6. The van der Waals surface area contributed by atoms with Crippen LogP contribution in [-0.2, 0) is 11.3 Å². The summed E-state index contributed by atoms with van der Waals surface area (Å²) in [6, 6.07) is 3.02. The van der Waals surface area contributed by atoms with E-state index in [1.165, 1.54) is 0 Å². The summed E-state index contributed by atoms with van der Waals surface area (Å²) in [6.07, 6.45) is 7.09. The molecule has 152 valence electrons. The number of nitrogens with zero attached hydrogens (tertiary/aromatic N) is 4. The van der Waals surface area contributed by atoms with Crippen molar-refractivity contribution in [3.05, 3.63) is 29.8 Å². The number of hydrogen-bond acceptors (Lipinski definition) is 5. The monoisotopic (exact) mass is 387 g/mol. The summed E-state index contributed by atoms with van der Waals surface area (Å²) in [4.78, 5) is 25.7. The van der Waals surface area contributed by atoms with E-state index in [4.69, 9.17) is 0 Å². The molecule has 0 unspecified atom stereocenters. The maximum atomic E-state index is 13.0. The van der Waals surface area contributed by atoms with Crippen LogP contribution in [0.3, 0.4) is 0 Å². The molecule has 0 bridgehead atoms. The van der Waals surface area contributed by atoms with Crippen molar-refractivity contribution in [3.63, 3.8) is 0 Å². The van der Waals surface area contributed by atoms with Gasteiger partial charge in [-0.3, -0.25) is 9.59 Å². The number of unbranched alkanes of at least 4 members (excludes halogenated alkanes) is 1. The molecule has 3 rings (SSSR count). The Morgan fingerprint density at radius 3 is 2.93 bits per heavy atom. The molecule has 0 spiro atoms. The summed E-state index contributed by atoms with van der Waals surface area (Å²) in [7, 11) is 0. The van der Waals surface area contributed by atoms with Crippen molar-refractivity contribution < 1.29 is 9.59 Å². The minimum absolute atomic E-state index is 0.0365. The lowest BCUT2D eigenvalue weighted by Crippen LogP contribution is -2.50. The Bertz CT molecular complexity index is 771. The predicted octanol–water partition coefficient (Wildman–Crippen LogP) is 1.76. The number of aromatic nitrogens is 5. The van der Waals surface area contributed by atoms with Crippen LogP contribution in [0.15, 0.2) is 18.3 Å². The zero-order valence-electron chi connectivity index (χ0n) is 16.5. The minimum Gasteiger partial charge on any atom is -0.351 e. The van der Waals surface area contributed by atoms with Crippen LogP contribution >= 0.6 is 0 Å². The van der Waals surface area contributed by atoms with Gasteiger partial charge in [-0.05, 0) is 38.3 Å². The van der Waals surface area contributed by atoms with Gasteiger partial charge in [0.05, 0.1) is 0 Å². The van der Waals surface area contributed by atoms with Gasteiger partial charge < -0.3 is 15.2 Å². The molecule has 2 aromatic rings. The van der Waals surface area contributed by atoms with Crippen molar-refractivity contribution >= 4 is 11.8 Å². The van der Waals surface area contributed by atoms with E-state index in [0.717, 1.165) is 32.1 Å².